The van der Waals surface area contributed by atoms with Gasteiger partial charge in [-0.05, 0) is 38.8 Å². The summed E-state index contributed by atoms with van der Waals surface area (Å²) in [6.45, 7) is 6.79. The van der Waals surface area contributed by atoms with E-state index in [4.69, 9.17) is 5.41 Å². The lowest BCUT2D eigenvalue weighted by Gasteiger charge is -2.46. The van der Waals surface area contributed by atoms with Crippen LogP contribution in [0.2, 0.25) is 0 Å². The Morgan fingerprint density at radius 3 is 2.73 bits per heavy atom. The van der Waals surface area contributed by atoms with E-state index in [1.54, 1.807) is 13.8 Å². The Balaban J connectivity index is 1.81. The van der Waals surface area contributed by atoms with Crippen LogP contribution in [0.3, 0.4) is 0 Å². The molecule has 3 rings (SSSR count). The minimum atomic E-state index is -1.06. The number of β-lactam (4-membered cyclic amide) rings is 1. The quantitative estimate of drug-likeness (QED) is 0.365. The van der Waals surface area contributed by atoms with Crippen LogP contribution in [0.1, 0.15) is 33.6 Å². The Hall–Kier alpha value is -1.38. The normalized spacial score (nSPS) is 32.6. The van der Waals surface area contributed by atoms with Crippen molar-refractivity contribution in [3.05, 3.63) is 11.3 Å². The lowest BCUT2D eigenvalue weighted by Crippen LogP contribution is -2.63. The number of carbonyl (C=O) groups excluding carboxylic acids is 1. The van der Waals surface area contributed by atoms with Crippen LogP contribution in [0.4, 0.5) is 0 Å². The maximum absolute atomic E-state index is 12.4. The number of thioether (sulfide) groups is 1. The number of aliphatic hydroxyl groups excluding tert-OH is 1. The van der Waals surface area contributed by atoms with Crippen molar-refractivity contribution >= 4 is 28.7 Å². The summed E-state index contributed by atoms with van der Waals surface area (Å²) in [4.78, 5) is 28.0. The third kappa shape index (κ3) is 3.18. The highest BCUT2D eigenvalue weighted by molar-refractivity contribution is 8.13. The number of nitrogens with zero attached hydrogens (tertiary/aromatic N) is 2. The predicted octanol–water partition coefficient (Wildman–Crippen LogP) is 1.38. The van der Waals surface area contributed by atoms with Crippen molar-refractivity contribution in [2.75, 3.05) is 18.8 Å². The molecule has 0 aromatic rings. The zero-order valence-electron chi connectivity index (χ0n) is 15.4. The van der Waals surface area contributed by atoms with Crippen molar-refractivity contribution < 1.29 is 19.8 Å². The first-order valence-corrected chi connectivity index (χ1v) is 10.1. The molecular formula is C18H27N3O4S. The average molecular weight is 381 g/mol. The maximum atomic E-state index is 12.4. The first-order chi connectivity index (χ1) is 12.2. The number of aliphatic hydroxyl groups is 1. The van der Waals surface area contributed by atoms with Gasteiger partial charge in [-0.25, -0.2) is 4.79 Å². The van der Waals surface area contributed by atoms with Gasteiger partial charge in [-0.2, -0.15) is 0 Å². The number of carboxylic acids is 1. The van der Waals surface area contributed by atoms with Crippen molar-refractivity contribution in [2.45, 2.75) is 51.8 Å². The van der Waals surface area contributed by atoms with Crippen molar-refractivity contribution in [2.24, 2.45) is 11.8 Å². The second kappa shape index (κ2) is 7.32. The zero-order valence-corrected chi connectivity index (χ0v) is 16.3. The van der Waals surface area contributed by atoms with Crippen LogP contribution in [0.5, 0.6) is 0 Å². The van der Waals surface area contributed by atoms with Gasteiger partial charge >= 0.3 is 5.97 Å². The number of nitrogens with one attached hydrogen (secondary N) is 1. The number of carbonyl (C=O) groups is 2. The van der Waals surface area contributed by atoms with E-state index >= 15 is 0 Å². The summed E-state index contributed by atoms with van der Waals surface area (Å²) in [5.74, 6) is -1.09. The minimum Gasteiger partial charge on any atom is -0.477 e. The monoisotopic (exact) mass is 381 g/mol. The number of likely N-dealkylation sites (tertiary alicyclic amines) is 1. The molecule has 8 heteroatoms. The van der Waals surface area contributed by atoms with Crippen molar-refractivity contribution in [1.82, 2.24) is 9.80 Å². The topological polar surface area (TPSA) is 105 Å². The van der Waals surface area contributed by atoms with Gasteiger partial charge in [0, 0.05) is 24.3 Å². The highest BCUT2D eigenvalue weighted by Crippen LogP contribution is 2.47. The number of hydrogen-bond donors (Lipinski definition) is 3. The fourth-order valence-corrected chi connectivity index (χ4v) is 5.41. The number of carboxylic acid groups (broad SMARTS) is 1. The first-order valence-electron chi connectivity index (χ1n) is 9.13. The summed E-state index contributed by atoms with van der Waals surface area (Å²) in [5.41, 5.74) is 0.911. The van der Waals surface area contributed by atoms with Crippen LogP contribution >= 0.6 is 11.8 Å². The van der Waals surface area contributed by atoms with Gasteiger partial charge in [-0.3, -0.25) is 15.1 Å². The second-order valence-corrected chi connectivity index (χ2v) is 8.80. The average Bonchev–Trinajstić information content (AvgIpc) is 3.07. The summed E-state index contributed by atoms with van der Waals surface area (Å²) in [5, 5.41) is 27.8. The molecule has 5 atom stereocenters. The zero-order chi connectivity index (χ0) is 19.2. The number of amides is 1. The molecule has 3 heterocycles. The molecule has 0 aromatic heterocycles. The van der Waals surface area contributed by atoms with Crippen LogP contribution in [-0.4, -0.2) is 74.0 Å². The number of hydrogen-bond acceptors (Lipinski definition) is 6. The van der Waals surface area contributed by atoms with Crippen molar-refractivity contribution in [1.29, 1.82) is 5.41 Å². The molecule has 1 amide bonds. The van der Waals surface area contributed by atoms with E-state index in [0.29, 0.717) is 17.6 Å². The fraction of sp³-hybridized carbons (Fsp3) is 0.722. The van der Waals surface area contributed by atoms with E-state index in [1.807, 2.05) is 6.92 Å². The van der Waals surface area contributed by atoms with Gasteiger partial charge in [0.05, 0.1) is 23.1 Å². The maximum Gasteiger partial charge on any atom is 0.352 e. The molecule has 0 aliphatic carbocycles. The minimum absolute atomic E-state index is 0.0724. The molecule has 0 unspecified atom stereocenters. The molecule has 0 radical (unpaired) electrons. The number of rotatable bonds is 6. The molecule has 3 aliphatic heterocycles. The Morgan fingerprint density at radius 2 is 2.15 bits per heavy atom. The van der Waals surface area contributed by atoms with Gasteiger partial charge in [0.25, 0.3) is 0 Å². The molecule has 26 heavy (non-hydrogen) atoms. The van der Waals surface area contributed by atoms with Crippen molar-refractivity contribution in [3.8, 4) is 0 Å². The molecule has 3 N–H and O–H groups in total. The molecule has 0 spiro atoms. The Morgan fingerprint density at radius 1 is 1.46 bits per heavy atom. The molecule has 0 saturated carbocycles. The van der Waals surface area contributed by atoms with Gasteiger partial charge in [0.2, 0.25) is 5.91 Å². The van der Waals surface area contributed by atoms with E-state index in [0.717, 1.165) is 30.7 Å². The van der Waals surface area contributed by atoms with Crippen LogP contribution in [-0.2, 0) is 9.59 Å². The summed E-state index contributed by atoms with van der Waals surface area (Å²) < 4.78 is 0. The fourth-order valence-electron chi connectivity index (χ4n) is 4.59. The molecule has 0 bridgehead atoms. The third-order valence-corrected chi connectivity index (χ3v) is 6.87. The van der Waals surface area contributed by atoms with E-state index in [9.17, 15) is 19.8 Å². The molecule has 2 fully saturated rings. The van der Waals surface area contributed by atoms with Gasteiger partial charge in [-0.1, -0.05) is 6.92 Å². The predicted molar refractivity (Wildman–Crippen MR) is 100 cm³/mol. The van der Waals surface area contributed by atoms with Gasteiger partial charge in [0.1, 0.15) is 5.70 Å². The van der Waals surface area contributed by atoms with Crippen LogP contribution in [0, 0.1) is 17.2 Å². The van der Waals surface area contributed by atoms with Crippen molar-refractivity contribution in [3.63, 3.8) is 0 Å². The Bertz CT molecular complexity index is 663. The largest absolute Gasteiger partial charge is 0.477 e. The standard InChI is InChI=1S/C18H27N3O4S/c1-9-13(7-20-6-4-5-12(20)8-26-11(3)19)16(18(24)25)21-15(9)14(10(2)22)17(21)23/h9-10,12,14-15,19,22H,4-8H2,1-3H3,(H,24,25)/t9-,10+,12-,14+,15+/m0/s1. The van der Waals surface area contributed by atoms with E-state index in [2.05, 4.69) is 4.90 Å². The SMILES string of the molecule is CC(=N)SC[C@@H]1CCCN1CC1=C(C(=O)O)N2C(=O)[C@H]([C@@H](C)O)[C@H]2[C@H]1C. The van der Waals surface area contributed by atoms with E-state index in [1.165, 1.54) is 16.7 Å². The summed E-state index contributed by atoms with van der Waals surface area (Å²) in [6, 6.07) is 0.0782. The molecule has 3 aliphatic rings. The number of fused-ring (bicyclic) bond motifs is 1. The van der Waals surface area contributed by atoms with E-state index in [-0.39, 0.29) is 23.6 Å². The summed E-state index contributed by atoms with van der Waals surface area (Å²) in [7, 11) is 0. The third-order valence-electron chi connectivity index (χ3n) is 5.88. The van der Waals surface area contributed by atoms with Crippen LogP contribution < -0.4 is 0 Å². The molecular weight excluding hydrogens is 354 g/mol. The number of aliphatic carboxylic acids is 1. The van der Waals surface area contributed by atoms with Crippen LogP contribution in [0.25, 0.3) is 0 Å². The van der Waals surface area contributed by atoms with Gasteiger partial charge in [0.15, 0.2) is 0 Å². The van der Waals surface area contributed by atoms with Crippen LogP contribution in [0.15, 0.2) is 11.3 Å². The Kier molecular flexibility index (Phi) is 5.46. The van der Waals surface area contributed by atoms with E-state index < -0.39 is 18.0 Å². The molecule has 144 valence electrons. The summed E-state index contributed by atoms with van der Waals surface area (Å²) in [6.07, 6.45) is 1.34. The summed E-state index contributed by atoms with van der Waals surface area (Å²) >= 11 is 1.53. The highest BCUT2D eigenvalue weighted by atomic mass is 32.2. The molecule has 0 aromatic carbocycles. The van der Waals surface area contributed by atoms with Gasteiger partial charge in [-0.15, -0.1) is 11.8 Å². The highest BCUT2D eigenvalue weighted by Gasteiger charge is 2.59. The second-order valence-electron chi connectivity index (χ2n) is 7.57. The Labute approximate surface area is 157 Å². The smallest absolute Gasteiger partial charge is 0.352 e. The lowest BCUT2D eigenvalue weighted by atomic mass is 9.77. The first kappa shape index (κ1) is 19.4. The molecule has 7 nitrogen and oxygen atoms in total. The van der Waals surface area contributed by atoms with Gasteiger partial charge < -0.3 is 15.1 Å². The lowest BCUT2D eigenvalue weighted by molar-refractivity contribution is -0.163. The molecule has 2 saturated heterocycles.